The number of amides is 1. The summed E-state index contributed by atoms with van der Waals surface area (Å²) in [6, 6.07) is 9.20. The van der Waals surface area contributed by atoms with Crippen molar-refractivity contribution in [3.63, 3.8) is 0 Å². The molecule has 2 heterocycles. The molecule has 2 saturated heterocycles. The van der Waals surface area contributed by atoms with Crippen LogP contribution in [0.1, 0.15) is 32.3 Å². The average Bonchev–Trinajstić information content (AvgIpc) is 2.62. The molecule has 1 unspecified atom stereocenters. The molecular formula is C20H28N2O4. The van der Waals surface area contributed by atoms with Crippen LogP contribution >= 0.6 is 0 Å². The van der Waals surface area contributed by atoms with Crippen molar-refractivity contribution in [1.82, 2.24) is 10.2 Å². The summed E-state index contributed by atoms with van der Waals surface area (Å²) >= 11 is 0. The highest BCUT2D eigenvalue weighted by atomic mass is 16.3. The topological polar surface area (TPSA) is 89.9 Å². The molecule has 142 valence electrons. The van der Waals surface area contributed by atoms with Gasteiger partial charge in [-0.05, 0) is 25.3 Å². The van der Waals surface area contributed by atoms with E-state index in [0.717, 1.165) is 11.8 Å². The highest BCUT2D eigenvalue weighted by Crippen LogP contribution is 2.38. The van der Waals surface area contributed by atoms with E-state index in [0.29, 0.717) is 32.5 Å². The molecule has 0 aliphatic carbocycles. The van der Waals surface area contributed by atoms with E-state index in [4.69, 9.17) is 0 Å². The number of likely N-dealkylation sites (tertiary alicyclic amines) is 1. The molecular weight excluding hydrogens is 332 g/mol. The van der Waals surface area contributed by atoms with Crippen LogP contribution in [-0.2, 0) is 15.2 Å². The Morgan fingerprint density at radius 1 is 1.27 bits per heavy atom. The zero-order valence-electron chi connectivity index (χ0n) is 15.4. The number of hydrogen-bond donors (Lipinski definition) is 3. The van der Waals surface area contributed by atoms with Gasteiger partial charge in [-0.15, -0.1) is 0 Å². The molecule has 0 aromatic heterocycles. The van der Waals surface area contributed by atoms with Crippen LogP contribution < -0.4 is 5.32 Å². The van der Waals surface area contributed by atoms with Crippen LogP contribution in [0.2, 0.25) is 0 Å². The Morgan fingerprint density at radius 2 is 1.88 bits per heavy atom. The zero-order chi connectivity index (χ0) is 18.9. The van der Waals surface area contributed by atoms with Gasteiger partial charge in [-0.2, -0.15) is 0 Å². The lowest BCUT2D eigenvalue weighted by molar-refractivity contribution is -0.149. The maximum absolute atomic E-state index is 12.9. The number of carbonyl (C=O) groups is 2. The van der Waals surface area contributed by atoms with E-state index in [1.165, 1.54) is 0 Å². The minimum atomic E-state index is -0.901. The molecule has 3 N–H and O–H groups in total. The van der Waals surface area contributed by atoms with E-state index in [-0.39, 0.29) is 11.9 Å². The van der Waals surface area contributed by atoms with Crippen LogP contribution in [0.15, 0.2) is 30.3 Å². The van der Waals surface area contributed by atoms with Crippen molar-refractivity contribution in [2.75, 3.05) is 19.6 Å². The van der Waals surface area contributed by atoms with E-state index in [1.807, 2.05) is 30.3 Å². The van der Waals surface area contributed by atoms with E-state index in [9.17, 15) is 19.8 Å². The number of aliphatic hydroxyl groups is 2. The first-order valence-electron chi connectivity index (χ1n) is 9.28. The van der Waals surface area contributed by atoms with Crippen molar-refractivity contribution in [2.45, 2.75) is 44.4 Å². The third-order valence-corrected chi connectivity index (χ3v) is 6.31. The summed E-state index contributed by atoms with van der Waals surface area (Å²) < 4.78 is 0. The predicted octanol–water partition coefficient (Wildman–Crippen LogP) is 0.671. The van der Waals surface area contributed by atoms with Crippen LogP contribution in [0.25, 0.3) is 0 Å². The molecule has 0 bridgehead atoms. The molecule has 1 aromatic rings. The molecule has 0 radical (unpaired) electrons. The number of aldehydes is 1. The van der Waals surface area contributed by atoms with E-state index < -0.39 is 23.0 Å². The highest BCUT2D eigenvalue weighted by Gasteiger charge is 2.54. The van der Waals surface area contributed by atoms with Gasteiger partial charge in [-0.1, -0.05) is 37.3 Å². The van der Waals surface area contributed by atoms with Crippen molar-refractivity contribution < 1.29 is 19.8 Å². The van der Waals surface area contributed by atoms with Crippen molar-refractivity contribution in [2.24, 2.45) is 11.3 Å². The first-order chi connectivity index (χ1) is 12.3. The first kappa shape index (κ1) is 19.0. The summed E-state index contributed by atoms with van der Waals surface area (Å²) in [6.07, 6.45) is 0.962. The predicted molar refractivity (Wildman–Crippen MR) is 97.3 cm³/mol. The lowest BCUT2D eigenvalue weighted by Crippen LogP contribution is -2.71. The fourth-order valence-corrected chi connectivity index (χ4v) is 4.28. The summed E-state index contributed by atoms with van der Waals surface area (Å²) in [5, 5.41) is 24.1. The summed E-state index contributed by atoms with van der Waals surface area (Å²) in [5.41, 5.74) is -0.910. The molecule has 0 saturated carbocycles. The molecule has 1 aromatic carbocycles. The van der Waals surface area contributed by atoms with Gasteiger partial charge in [-0.3, -0.25) is 4.79 Å². The Morgan fingerprint density at radius 3 is 2.35 bits per heavy atom. The summed E-state index contributed by atoms with van der Waals surface area (Å²) in [7, 11) is 0. The second-order valence-electron chi connectivity index (χ2n) is 7.78. The molecule has 26 heavy (non-hydrogen) atoms. The standard InChI is InChI=1S/C20H28N2O4/c1-14(17-19(13-23,12-21-17)15(2)24)18(25)22-10-8-20(26,9-11-22)16-6-4-3-5-7-16/h3-7,13-15,17,21,24,26H,8-12H2,1-2H3/t14-,15-,17-,19?/m1/s1. The second-order valence-corrected chi connectivity index (χ2v) is 7.78. The second kappa shape index (κ2) is 7.10. The Labute approximate surface area is 154 Å². The third kappa shape index (κ3) is 3.06. The lowest BCUT2D eigenvalue weighted by Gasteiger charge is -2.51. The van der Waals surface area contributed by atoms with Gasteiger partial charge >= 0.3 is 0 Å². The van der Waals surface area contributed by atoms with Gasteiger partial charge in [-0.25, -0.2) is 0 Å². The number of aliphatic hydroxyl groups excluding tert-OH is 1. The van der Waals surface area contributed by atoms with Gasteiger partial charge in [0, 0.05) is 25.7 Å². The smallest absolute Gasteiger partial charge is 0.227 e. The summed E-state index contributed by atoms with van der Waals surface area (Å²) in [5.74, 6) is -0.448. The highest BCUT2D eigenvalue weighted by molar-refractivity contribution is 5.81. The number of nitrogens with one attached hydrogen (secondary N) is 1. The maximum atomic E-state index is 12.9. The number of rotatable bonds is 5. The quantitative estimate of drug-likeness (QED) is 0.672. The van der Waals surface area contributed by atoms with Gasteiger partial charge in [0.1, 0.15) is 6.29 Å². The average molecular weight is 360 g/mol. The number of nitrogens with zero attached hydrogens (tertiary/aromatic N) is 1. The van der Waals surface area contributed by atoms with Crippen LogP contribution in [0, 0.1) is 11.3 Å². The maximum Gasteiger partial charge on any atom is 0.227 e. The van der Waals surface area contributed by atoms with Crippen LogP contribution in [0.3, 0.4) is 0 Å². The monoisotopic (exact) mass is 360 g/mol. The lowest BCUT2D eigenvalue weighted by atomic mass is 9.66. The molecule has 2 aliphatic heterocycles. The molecule has 1 amide bonds. The number of benzene rings is 1. The number of carbonyl (C=O) groups excluding carboxylic acids is 2. The van der Waals surface area contributed by atoms with Crippen molar-refractivity contribution in [3.8, 4) is 0 Å². The van der Waals surface area contributed by atoms with Gasteiger partial charge in [0.2, 0.25) is 5.91 Å². The minimum Gasteiger partial charge on any atom is -0.392 e. The van der Waals surface area contributed by atoms with Gasteiger partial charge in [0.15, 0.2) is 0 Å². The molecule has 2 aliphatic rings. The van der Waals surface area contributed by atoms with E-state index in [2.05, 4.69) is 5.32 Å². The number of piperidine rings is 1. The fourth-order valence-electron chi connectivity index (χ4n) is 4.28. The van der Waals surface area contributed by atoms with E-state index >= 15 is 0 Å². The van der Waals surface area contributed by atoms with E-state index in [1.54, 1.807) is 18.7 Å². The number of hydrogen-bond acceptors (Lipinski definition) is 5. The van der Waals surface area contributed by atoms with Gasteiger partial charge < -0.3 is 25.2 Å². The Kier molecular flexibility index (Phi) is 5.19. The summed E-state index contributed by atoms with van der Waals surface area (Å²) in [4.78, 5) is 26.2. The molecule has 6 nitrogen and oxygen atoms in total. The van der Waals surface area contributed by atoms with Gasteiger partial charge in [0.05, 0.1) is 23.0 Å². The Hall–Kier alpha value is -1.76. The minimum absolute atomic E-state index is 0.0378. The molecule has 6 heteroatoms. The fraction of sp³-hybridized carbons (Fsp3) is 0.600. The van der Waals surface area contributed by atoms with Gasteiger partial charge in [0.25, 0.3) is 0 Å². The third-order valence-electron chi connectivity index (χ3n) is 6.31. The summed E-state index contributed by atoms with van der Waals surface area (Å²) in [6.45, 7) is 4.75. The normalized spacial score (nSPS) is 30.2. The molecule has 3 rings (SSSR count). The SMILES string of the molecule is C[C@@H](C(=O)N1CCC(O)(c2ccccc2)CC1)[C@H]1NCC1(C=O)[C@@H](C)O. The van der Waals surface area contributed by atoms with Crippen LogP contribution in [0.4, 0.5) is 0 Å². The molecule has 2 fully saturated rings. The Balaban J connectivity index is 1.64. The Bertz CT molecular complexity index is 655. The molecule has 4 atom stereocenters. The van der Waals surface area contributed by atoms with Crippen molar-refractivity contribution >= 4 is 12.2 Å². The molecule has 0 spiro atoms. The zero-order valence-corrected chi connectivity index (χ0v) is 15.4. The first-order valence-corrected chi connectivity index (χ1v) is 9.28. The van der Waals surface area contributed by atoms with Crippen molar-refractivity contribution in [3.05, 3.63) is 35.9 Å². The van der Waals surface area contributed by atoms with Crippen molar-refractivity contribution in [1.29, 1.82) is 0 Å². The van der Waals surface area contributed by atoms with Crippen LogP contribution in [-0.4, -0.2) is 59.1 Å². The largest absolute Gasteiger partial charge is 0.392 e. The van der Waals surface area contributed by atoms with Crippen LogP contribution in [0.5, 0.6) is 0 Å².